The molecule has 0 radical (unpaired) electrons. The van der Waals surface area contributed by atoms with Crippen molar-refractivity contribution in [3.05, 3.63) is 29.8 Å². The molecule has 0 saturated heterocycles. The quantitative estimate of drug-likeness (QED) is 0.750. The Morgan fingerprint density at radius 1 is 1.14 bits per heavy atom. The van der Waals surface area contributed by atoms with Crippen LogP contribution in [0.4, 0.5) is 10.5 Å². The van der Waals surface area contributed by atoms with Crippen LogP contribution in [0.3, 0.4) is 0 Å². The van der Waals surface area contributed by atoms with Crippen LogP contribution in [0.15, 0.2) is 24.3 Å². The smallest absolute Gasteiger partial charge is 0.412 e. The van der Waals surface area contributed by atoms with Gasteiger partial charge in [0, 0.05) is 5.69 Å². The average molecular weight is 387 g/mol. The Morgan fingerprint density at radius 3 is 2.29 bits per heavy atom. The molecule has 1 saturated carbocycles. The topological polar surface area (TPSA) is 118 Å². The molecule has 0 aromatic heterocycles. The maximum absolute atomic E-state index is 12.1. The fraction of sp³-hybridized carbons (Fsp3) is 0.500. The first-order valence-corrected chi connectivity index (χ1v) is 9.12. The van der Waals surface area contributed by atoms with E-state index in [1.165, 1.54) is 24.3 Å². The monoisotopic (exact) mass is 387 g/mol. The Hall–Kier alpha value is -3.08. The Kier molecular flexibility index (Phi) is 6.62. The third-order valence-electron chi connectivity index (χ3n) is 4.15. The second kappa shape index (κ2) is 8.74. The molecule has 0 heterocycles. The molecule has 150 valence electrons. The first kappa shape index (κ1) is 21.2. The number of hydrogen-bond donors (Lipinski definition) is 2. The summed E-state index contributed by atoms with van der Waals surface area (Å²) in [5.41, 5.74) is -0.769. The maximum atomic E-state index is 12.1. The van der Waals surface area contributed by atoms with Gasteiger partial charge in [0.2, 0.25) is 0 Å². The minimum Gasteiger partial charge on any atom is -0.452 e. The largest absolute Gasteiger partial charge is 0.452 e. The highest BCUT2D eigenvalue weighted by atomic mass is 16.6. The standard InChI is InChI=1S/C20H25N3O5/c1-19(2,3)28-18(26)22-15-8-6-14(7-9-15)17(25)27-12-16(24)23-20(13-21)10-4-5-11-20/h6-9H,4-5,10-12H2,1-3H3,(H,22,26)(H,23,24). The van der Waals surface area contributed by atoms with Crippen molar-refractivity contribution < 1.29 is 23.9 Å². The molecular formula is C20H25N3O5. The van der Waals surface area contributed by atoms with Gasteiger partial charge in [0.05, 0.1) is 11.6 Å². The third kappa shape index (κ3) is 6.27. The minimum atomic E-state index is -0.849. The van der Waals surface area contributed by atoms with Gasteiger partial charge in [-0.2, -0.15) is 5.26 Å². The molecule has 2 amide bonds. The van der Waals surface area contributed by atoms with E-state index in [9.17, 15) is 19.6 Å². The van der Waals surface area contributed by atoms with E-state index in [1.807, 2.05) is 0 Å². The van der Waals surface area contributed by atoms with Crippen LogP contribution in [0, 0.1) is 11.3 Å². The molecule has 8 heteroatoms. The Balaban J connectivity index is 1.83. The first-order chi connectivity index (χ1) is 13.1. The molecule has 1 aliphatic carbocycles. The Morgan fingerprint density at radius 2 is 1.75 bits per heavy atom. The number of esters is 1. The highest BCUT2D eigenvalue weighted by Crippen LogP contribution is 2.28. The number of benzene rings is 1. The number of anilines is 1. The van der Waals surface area contributed by atoms with Gasteiger partial charge in [-0.05, 0) is 70.7 Å². The summed E-state index contributed by atoms with van der Waals surface area (Å²) in [4.78, 5) is 35.8. The van der Waals surface area contributed by atoms with Crippen LogP contribution >= 0.6 is 0 Å². The lowest BCUT2D eigenvalue weighted by molar-refractivity contribution is -0.125. The van der Waals surface area contributed by atoms with Crippen LogP contribution < -0.4 is 10.6 Å². The Labute approximate surface area is 164 Å². The molecule has 0 atom stereocenters. The van der Waals surface area contributed by atoms with Crippen molar-refractivity contribution in [3.8, 4) is 6.07 Å². The fourth-order valence-electron chi connectivity index (χ4n) is 2.87. The van der Waals surface area contributed by atoms with Crippen LogP contribution in [0.5, 0.6) is 0 Å². The highest BCUT2D eigenvalue weighted by molar-refractivity contribution is 5.92. The van der Waals surface area contributed by atoms with Gasteiger partial charge in [0.15, 0.2) is 6.61 Å². The van der Waals surface area contributed by atoms with Crippen molar-refractivity contribution in [1.82, 2.24) is 5.32 Å². The molecule has 0 bridgehead atoms. The molecule has 1 aromatic rings. The van der Waals surface area contributed by atoms with E-state index in [2.05, 4.69) is 16.7 Å². The summed E-state index contributed by atoms with van der Waals surface area (Å²) in [6.45, 7) is 4.81. The summed E-state index contributed by atoms with van der Waals surface area (Å²) in [5, 5.41) is 14.5. The molecule has 28 heavy (non-hydrogen) atoms. The lowest BCUT2D eigenvalue weighted by atomic mass is 10.00. The van der Waals surface area contributed by atoms with Gasteiger partial charge in [0.25, 0.3) is 5.91 Å². The lowest BCUT2D eigenvalue weighted by Crippen LogP contribution is -2.46. The van der Waals surface area contributed by atoms with Gasteiger partial charge in [-0.25, -0.2) is 9.59 Å². The molecule has 0 aliphatic heterocycles. The molecule has 2 N–H and O–H groups in total. The summed E-state index contributed by atoms with van der Waals surface area (Å²) in [7, 11) is 0. The van der Waals surface area contributed by atoms with Gasteiger partial charge in [-0.3, -0.25) is 10.1 Å². The zero-order chi connectivity index (χ0) is 20.8. The van der Waals surface area contributed by atoms with Crippen LogP contribution in [-0.4, -0.2) is 35.7 Å². The number of carbonyl (C=O) groups is 3. The molecule has 0 spiro atoms. The van der Waals surface area contributed by atoms with Crippen molar-refractivity contribution >= 4 is 23.7 Å². The number of rotatable bonds is 5. The normalized spacial score (nSPS) is 15.2. The zero-order valence-electron chi connectivity index (χ0n) is 16.3. The lowest BCUT2D eigenvalue weighted by Gasteiger charge is -2.21. The van der Waals surface area contributed by atoms with E-state index in [0.717, 1.165) is 12.8 Å². The molecule has 2 rings (SSSR count). The third-order valence-corrected chi connectivity index (χ3v) is 4.15. The van der Waals surface area contributed by atoms with E-state index < -0.39 is 35.7 Å². The predicted molar refractivity (Wildman–Crippen MR) is 102 cm³/mol. The second-order valence-electron chi connectivity index (χ2n) is 7.73. The van der Waals surface area contributed by atoms with E-state index in [-0.39, 0.29) is 5.56 Å². The number of amides is 2. The summed E-state index contributed by atoms with van der Waals surface area (Å²) in [6, 6.07) is 8.16. The van der Waals surface area contributed by atoms with Crippen molar-refractivity contribution in [3.63, 3.8) is 0 Å². The van der Waals surface area contributed by atoms with Crippen molar-refractivity contribution in [2.45, 2.75) is 57.6 Å². The van der Waals surface area contributed by atoms with Crippen molar-refractivity contribution in [1.29, 1.82) is 5.26 Å². The summed E-state index contributed by atoms with van der Waals surface area (Å²) >= 11 is 0. The van der Waals surface area contributed by atoms with Crippen molar-refractivity contribution in [2.24, 2.45) is 0 Å². The maximum Gasteiger partial charge on any atom is 0.412 e. The summed E-state index contributed by atoms with van der Waals surface area (Å²) in [6.07, 6.45) is 2.39. The summed E-state index contributed by atoms with van der Waals surface area (Å²) in [5.74, 6) is -1.17. The molecule has 1 fully saturated rings. The van der Waals surface area contributed by atoms with Gasteiger partial charge < -0.3 is 14.8 Å². The molecular weight excluding hydrogens is 362 g/mol. The number of nitrogens with zero attached hydrogens (tertiary/aromatic N) is 1. The fourth-order valence-corrected chi connectivity index (χ4v) is 2.87. The van der Waals surface area contributed by atoms with E-state index in [4.69, 9.17) is 9.47 Å². The van der Waals surface area contributed by atoms with E-state index in [0.29, 0.717) is 18.5 Å². The van der Waals surface area contributed by atoms with Gasteiger partial charge in [-0.1, -0.05) is 0 Å². The number of carbonyl (C=O) groups excluding carboxylic acids is 3. The van der Waals surface area contributed by atoms with Gasteiger partial charge in [0.1, 0.15) is 11.1 Å². The SMILES string of the molecule is CC(C)(C)OC(=O)Nc1ccc(C(=O)OCC(=O)NC2(C#N)CCCC2)cc1. The van der Waals surface area contributed by atoms with Crippen LogP contribution in [0.25, 0.3) is 0 Å². The molecule has 0 unspecified atom stereocenters. The second-order valence-corrected chi connectivity index (χ2v) is 7.73. The molecule has 1 aliphatic rings. The number of nitrogens with one attached hydrogen (secondary N) is 2. The van der Waals surface area contributed by atoms with Gasteiger partial charge in [-0.15, -0.1) is 0 Å². The number of nitriles is 1. The highest BCUT2D eigenvalue weighted by Gasteiger charge is 2.35. The van der Waals surface area contributed by atoms with Crippen LogP contribution in [0.1, 0.15) is 56.8 Å². The Bertz CT molecular complexity index is 769. The molecule has 8 nitrogen and oxygen atoms in total. The molecule has 1 aromatic carbocycles. The van der Waals surface area contributed by atoms with Gasteiger partial charge >= 0.3 is 12.1 Å². The van der Waals surface area contributed by atoms with Crippen LogP contribution in [0.2, 0.25) is 0 Å². The van der Waals surface area contributed by atoms with Crippen LogP contribution in [-0.2, 0) is 14.3 Å². The van der Waals surface area contributed by atoms with Crippen molar-refractivity contribution in [2.75, 3.05) is 11.9 Å². The zero-order valence-corrected chi connectivity index (χ0v) is 16.3. The minimum absolute atomic E-state index is 0.235. The first-order valence-electron chi connectivity index (χ1n) is 9.12. The number of ether oxygens (including phenoxy) is 2. The number of hydrogen-bond acceptors (Lipinski definition) is 6. The average Bonchev–Trinajstić information content (AvgIpc) is 3.07. The van der Waals surface area contributed by atoms with E-state index in [1.54, 1.807) is 20.8 Å². The predicted octanol–water partition coefficient (Wildman–Crippen LogP) is 3.14. The summed E-state index contributed by atoms with van der Waals surface area (Å²) < 4.78 is 10.2. The van der Waals surface area contributed by atoms with E-state index >= 15 is 0 Å².